The number of aromatic nitrogens is 3. The maximum atomic E-state index is 8.68. The highest BCUT2D eigenvalue weighted by Crippen LogP contribution is 2.18. The number of rotatable bonds is 5. The van der Waals surface area contributed by atoms with Crippen LogP contribution in [0.3, 0.4) is 0 Å². The molecule has 2 aromatic rings. The molecule has 86 valence electrons. The Labute approximate surface area is 92.9 Å². The Morgan fingerprint density at radius 3 is 3.19 bits per heavy atom. The van der Waals surface area contributed by atoms with Crippen LogP contribution in [0.15, 0.2) is 18.6 Å². The molecule has 0 bridgehead atoms. The summed E-state index contributed by atoms with van der Waals surface area (Å²) >= 11 is 0. The molecule has 0 aliphatic carbocycles. The molecule has 2 aromatic heterocycles. The first-order chi connectivity index (χ1) is 7.85. The molecule has 0 fully saturated rings. The van der Waals surface area contributed by atoms with E-state index in [1.807, 2.05) is 16.8 Å². The number of ether oxygens (including phenoxy) is 1. The molecular formula is C10H14N4O2. The fourth-order valence-corrected chi connectivity index (χ4v) is 1.35. The first-order valence-electron chi connectivity index (χ1n) is 5.10. The standard InChI is InChI=1S/C10H14N4O2/c1-11-8-7-14-4-3-12-9(14)10(13-8)16-6-2-5-15/h3-4,7,11,15H,2,5-6H2,1H3. The van der Waals surface area contributed by atoms with Gasteiger partial charge < -0.3 is 15.2 Å². The smallest absolute Gasteiger partial charge is 0.260 e. The first kappa shape index (κ1) is 10.7. The fourth-order valence-electron chi connectivity index (χ4n) is 1.35. The van der Waals surface area contributed by atoms with E-state index < -0.39 is 0 Å². The van der Waals surface area contributed by atoms with Gasteiger partial charge in [0.05, 0.1) is 12.8 Å². The summed E-state index contributed by atoms with van der Waals surface area (Å²) in [6.07, 6.45) is 5.94. The molecule has 16 heavy (non-hydrogen) atoms. The minimum absolute atomic E-state index is 0.108. The second-order valence-corrected chi connectivity index (χ2v) is 3.27. The molecular weight excluding hydrogens is 208 g/mol. The summed E-state index contributed by atoms with van der Waals surface area (Å²) < 4.78 is 7.31. The molecule has 0 unspecified atom stereocenters. The van der Waals surface area contributed by atoms with Crippen LogP contribution in [0.5, 0.6) is 5.88 Å². The average Bonchev–Trinajstić information content (AvgIpc) is 2.77. The molecule has 0 aromatic carbocycles. The molecule has 2 N–H and O–H groups in total. The highest BCUT2D eigenvalue weighted by molar-refractivity contribution is 5.53. The molecule has 0 radical (unpaired) electrons. The molecule has 0 saturated heterocycles. The molecule has 6 heteroatoms. The number of aliphatic hydroxyl groups excluding tert-OH is 1. The SMILES string of the molecule is CNc1cn2ccnc2c(OCCCO)n1. The molecule has 0 saturated carbocycles. The number of hydrogen-bond acceptors (Lipinski definition) is 5. The van der Waals surface area contributed by atoms with Crippen molar-refractivity contribution in [2.45, 2.75) is 6.42 Å². The van der Waals surface area contributed by atoms with Gasteiger partial charge in [-0.2, -0.15) is 4.98 Å². The van der Waals surface area contributed by atoms with E-state index in [1.54, 1.807) is 13.2 Å². The van der Waals surface area contributed by atoms with E-state index in [2.05, 4.69) is 15.3 Å². The predicted molar refractivity (Wildman–Crippen MR) is 59.7 cm³/mol. The van der Waals surface area contributed by atoms with E-state index in [1.165, 1.54) is 0 Å². The summed E-state index contributed by atoms with van der Waals surface area (Å²) in [5.74, 6) is 1.19. The predicted octanol–water partition coefficient (Wildman–Crippen LogP) is 0.532. The van der Waals surface area contributed by atoms with E-state index in [0.29, 0.717) is 30.4 Å². The van der Waals surface area contributed by atoms with Crippen molar-refractivity contribution in [1.82, 2.24) is 14.4 Å². The van der Waals surface area contributed by atoms with Crippen LogP contribution < -0.4 is 10.1 Å². The number of fused-ring (bicyclic) bond motifs is 1. The Hall–Kier alpha value is -1.82. The number of aliphatic hydroxyl groups is 1. The van der Waals surface area contributed by atoms with E-state index in [9.17, 15) is 0 Å². The van der Waals surface area contributed by atoms with Gasteiger partial charge in [0.25, 0.3) is 5.88 Å². The van der Waals surface area contributed by atoms with E-state index >= 15 is 0 Å². The second kappa shape index (κ2) is 4.80. The maximum absolute atomic E-state index is 8.68. The van der Waals surface area contributed by atoms with Gasteiger partial charge in [-0.3, -0.25) is 4.40 Å². The highest BCUT2D eigenvalue weighted by Gasteiger charge is 2.07. The van der Waals surface area contributed by atoms with Crippen LogP contribution in [-0.4, -0.2) is 39.7 Å². The Morgan fingerprint density at radius 1 is 1.56 bits per heavy atom. The molecule has 0 spiro atoms. The third-order valence-corrected chi connectivity index (χ3v) is 2.14. The monoisotopic (exact) mass is 222 g/mol. The zero-order valence-corrected chi connectivity index (χ0v) is 9.05. The van der Waals surface area contributed by atoms with Gasteiger partial charge in [0.1, 0.15) is 5.82 Å². The lowest BCUT2D eigenvalue weighted by Crippen LogP contribution is -2.05. The average molecular weight is 222 g/mol. The zero-order chi connectivity index (χ0) is 11.4. The minimum atomic E-state index is 0.108. The molecule has 0 aliphatic rings. The van der Waals surface area contributed by atoms with Crippen molar-refractivity contribution in [3.05, 3.63) is 18.6 Å². The van der Waals surface area contributed by atoms with Crippen molar-refractivity contribution >= 4 is 11.5 Å². The molecule has 2 heterocycles. The lowest BCUT2D eigenvalue weighted by molar-refractivity contribution is 0.230. The molecule has 6 nitrogen and oxygen atoms in total. The van der Waals surface area contributed by atoms with Gasteiger partial charge >= 0.3 is 0 Å². The zero-order valence-electron chi connectivity index (χ0n) is 9.05. The van der Waals surface area contributed by atoms with Crippen LogP contribution in [0.2, 0.25) is 0 Å². The van der Waals surface area contributed by atoms with Crippen LogP contribution in [0, 0.1) is 0 Å². The molecule has 0 amide bonds. The van der Waals surface area contributed by atoms with Crippen LogP contribution in [0.1, 0.15) is 6.42 Å². The lowest BCUT2D eigenvalue weighted by atomic mass is 10.5. The number of imidazole rings is 1. The van der Waals surface area contributed by atoms with Crippen LogP contribution in [-0.2, 0) is 0 Å². The molecule has 0 aliphatic heterocycles. The summed E-state index contributed by atoms with van der Waals surface area (Å²) in [7, 11) is 1.79. The quantitative estimate of drug-likeness (QED) is 0.722. The van der Waals surface area contributed by atoms with Gasteiger partial charge in [-0.25, -0.2) is 4.98 Å². The summed E-state index contributed by atoms with van der Waals surface area (Å²) in [5, 5.41) is 11.6. The third-order valence-electron chi connectivity index (χ3n) is 2.14. The number of hydrogen-bond donors (Lipinski definition) is 2. The second-order valence-electron chi connectivity index (χ2n) is 3.27. The van der Waals surface area contributed by atoms with Gasteiger partial charge in [0, 0.05) is 32.5 Å². The topological polar surface area (TPSA) is 71.7 Å². The van der Waals surface area contributed by atoms with Gasteiger partial charge in [0.2, 0.25) is 5.65 Å². The van der Waals surface area contributed by atoms with E-state index in [-0.39, 0.29) is 6.61 Å². The van der Waals surface area contributed by atoms with Crippen molar-refractivity contribution in [2.75, 3.05) is 25.6 Å². The highest BCUT2D eigenvalue weighted by atomic mass is 16.5. The maximum Gasteiger partial charge on any atom is 0.260 e. The van der Waals surface area contributed by atoms with Gasteiger partial charge in [-0.05, 0) is 0 Å². The summed E-state index contributed by atoms with van der Waals surface area (Å²) in [6.45, 7) is 0.537. The molecule has 2 rings (SSSR count). The summed E-state index contributed by atoms with van der Waals surface area (Å²) in [6, 6.07) is 0. The van der Waals surface area contributed by atoms with Crippen molar-refractivity contribution in [3.63, 3.8) is 0 Å². The third kappa shape index (κ3) is 2.06. The Kier molecular flexibility index (Phi) is 3.21. The Bertz CT molecular complexity index is 469. The van der Waals surface area contributed by atoms with Crippen molar-refractivity contribution in [2.24, 2.45) is 0 Å². The first-order valence-corrected chi connectivity index (χ1v) is 5.10. The van der Waals surface area contributed by atoms with Gasteiger partial charge in [0.15, 0.2) is 0 Å². The van der Waals surface area contributed by atoms with Crippen molar-refractivity contribution < 1.29 is 9.84 Å². The number of nitrogens with one attached hydrogen (secondary N) is 1. The van der Waals surface area contributed by atoms with E-state index in [4.69, 9.17) is 9.84 Å². The molecule has 0 atom stereocenters. The summed E-state index contributed by atoms with van der Waals surface area (Å²) in [4.78, 5) is 8.42. The largest absolute Gasteiger partial charge is 0.475 e. The van der Waals surface area contributed by atoms with Gasteiger partial charge in [-0.1, -0.05) is 0 Å². The number of anilines is 1. The van der Waals surface area contributed by atoms with Crippen molar-refractivity contribution in [1.29, 1.82) is 0 Å². The van der Waals surface area contributed by atoms with Crippen LogP contribution in [0.4, 0.5) is 5.82 Å². The Morgan fingerprint density at radius 2 is 2.44 bits per heavy atom. The van der Waals surface area contributed by atoms with Crippen molar-refractivity contribution in [3.8, 4) is 5.88 Å². The fraction of sp³-hybridized carbons (Fsp3) is 0.400. The minimum Gasteiger partial charge on any atom is -0.475 e. The summed E-state index contributed by atoms with van der Waals surface area (Å²) in [5.41, 5.74) is 0.678. The van der Waals surface area contributed by atoms with Crippen LogP contribution in [0.25, 0.3) is 5.65 Å². The normalized spacial score (nSPS) is 10.6. The van der Waals surface area contributed by atoms with Gasteiger partial charge in [-0.15, -0.1) is 0 Å². The van der Waals surface area contributed by atoms with E-state index in [0.717, 1.165) is 0 Å². The van der Waals surface area contributed by atoms with Crippen LogP contribution >= 0.6 is 0 Å². The Balaban J connectivity index is 2.29. The number of nitrogens with zero attached hydrogens (tertiary/aromatic N) is 3. The lowest BCUT2D eigenvalue weighted by Gasteiger charge is -2.07.